The molecule has 2 heterocycles. The molecule has 1 aliphatic heterocycles. The summed E-state index contributed by atoms with van der Waals surface area (Å²) >= 11 is 6.08. The number of rotatable bonds is 2. The molecule has 4 heteroatoms. The molecule has 3 rings (SSSR count). The summed E-state index contributed by atoms with van der Waals surface area (Å²) in [6.45, 7) is 6.79. The zero-order chi connectivity index (χ0) is 15.4. The van der Waals surface area contributed by atoms with Crippen molar-refractivity contribution >= 4 is 11.6 Å². The summed E-state index contributed by atoms with van der Waals surface area (Å²) in [6, 6.07) is 9.27. The predicted octanol–water partition coefficient (Wildman–Crippen LogP) is 4.91. The first-order chi connectivity index (χ1) is 10.1. The highest BCUT2D eigenvalue weighted by Crippen LogP contribution is 2.29. The maximum atomic E-state index is 13.3. The summed E-state index contributed by atoms with van der Waals surface area (Å²) in [7, 11) is 0. The highest BCUT2D eigenvalue weighted by atomic mass is 35.5. The number of nitrogens with one attached hydrogen (secondary N) is 1. The van der Waals surface area contributed by atoms with Crippen LogP contribution in [-0.2, 0) is 0 Å². The highest BCUT2D eigenvalue weighted by molar-refractivity contribution is 6.29. The van der Waals surface area contributed by atoms with Crippen LogP contribution in [0.3, 0.4) is 0 Å². The average molecular weight is 307 g/mol. The molecular weight excluding hydrogens is 287 g/mol. The van der Waals surface area contributed by atoms with E-state index in [4.69, 9.17) is 11.6 Å². The number of aromatic nitrogens is 1. The number of halogens is 2. The molecule has 1 unspecified atom stereocenters. The minimum absolute atomic E-state index is 0.202. The van der Waals surface area contributed by atoms with Gasteiger partial charge in [0.1, 0.15) is 11.0 Å². The lowest BCUT2D eigenvalue weighted by molar-refractivity contribution is 0.383. The number of hydrogen-bond acceptors (Lipinski definition) is 2. The van der Waals surface area contributed by atoms with E-state index in [1.807, 2.05) is 26.0 Å². The lowest BCUT2D eigenvalue weighted by Crippen LogP contribution is -2.34. The van der Waals surface area contributed by atoms with Gasteiger partial charge in [0.2, 0.25) is 0 Å². The van der Waals surface area contributed by atoms with Gasteiger partial charge >= 0.3 is 0 Å². The van der Waals surface area contributed by atoms with Gasteiger partial charge in [0.25, 0.3) is 0 Å². The van der Waals surface area contributed by atoms with Gasteiger partial charge < -0.3 is 5.32 Å². The Hall–Kier alpha value is -1.45. The summed E-state index contributed by atoms with van der Waals surface area (Å²) in [4.78, 5) is 4.33. The fourth-order valence-electron chi connectivity index (χ4n) is 2.24. The number of pyridine rings is 1. The summed E-state index contributed by atoms with van der Waals surface area (Å²) in [5.74, 6) is -0.202. The quantitative estimate of drug-likeness (QED) is 0.797. The van der Waals surface area contributed by atoms with Crippen LogP contribution in [0.5, 0.6) is 0 Å². The van der Waals surface area contributed by atoms with Crippen LogP contribution in [0.2, 0.25) is 5.15 Å². The first-order valence-electron chi connectivity index (χ1n) is 7.31. The first kappa shape index (κ1) is 15.9. The van der Waals surface area contributed by atoms with Gasteiger partial charge in [0.15, 0.2) is 0 Å². The van der Waals surface area contributed by atoms with E-state index < -0.39 is 0 Å². The third-order valence-electron chi connectivity index (χ3n) is 3.50. The molecular formula is C17H20ClFN2. The molecule has 0 aliphatic carbocycles. The van der Waals surface area contributed by atoms with Gasteiger partial charge in [0.05, 0.1) is 5.69 Å². The third kappa shape index (κ3) is 3.60. The van der Waals surface area contributed by atoms with Crippen LogP contribution in [0.4, 0.5) is 4.39 Å². The molecule has 21 heavy (non-hydrogen) atoms. The Bertz CT molecular complexity index is 624. The maximum Gasteiger partial charge on any atom is 0.130 e. The Balaban J connectivity index is 0.000000774. The van der Waals surface area contributed by atoms with Crippen molar-refractivity contribution in [2.45, 2.75) is 33.2 Å². The molecule has 1 atom stereocenters. The predicted molar refractivity (Wildman–Crippen MR) is 86.1 cm³/mol. The van der Waals surface area contributed by atoms with E-state index in [1.54, 1.807) is 19.1 Å². The van der Waals surface area contributed by atoms with Gasteiger partial charge in [0, 0.05) is 11.6 Å². The Kier molecular flexibility index (Phi) is 5.32. The highest BCUT2D eigenvalue weighted by Gasteiger charge is 2.20. The second-order valence-corrected chi connectivity index (χ2v) is 5.26. The SMILES string of the molecule is CC.Cc1cc(-c2cc(C3CCN3)cc(Cl)n2)ccc1F. The molecule has 0 amide bonds. The van der Waals surface area contributed by atoms with E-state index in [1.165, 1.54) is 6.07 Å². The van der Waals surface area contributed by atoms with Gasteiger partial charge in [-0.15, -0.1) is 0 Å². The van der Waals surface area contributed by atoms with Crippen molar-refractivity contribution in [1.82, 2.24) is 10.3 Å². The van der Waals surface area contributed by atoms with Crippen LogP contribution >= 0.6 is 11.6 Å². The molecule has 0 bridgehead atoms. The monoisotopic (exact) mass is 306 g/mol. The Morgan fingerprint density at radius 3 is 2.52 bits per heavy atom. The topological polar surface area (TPSA) is 24.9 Å². The zero-order valence-electron chi connectivity index (χ0n) is 12.6. The van der Waals surface area contributed by atoms with E-state index in [-0.39, 0.29) is 5.82 Å². The molecule has 2 aromatic rings. The Morgan fingerprint density at radius 1 is 1.24 bits per heavy atom. The molecule has 1 N–H and O–H groups in total. The van der Waals surface area contributed by atoms with Crippen molar-refractivity contribution < 1.29 is 4.39 Å². The van der Waals surface area contributed by atoms with Gasteiger partial charge in [-0.1, -0.05) is 25.4 Å². The number of hydrogen-bond donors (Lipinski definition) is 1. The third-order valence-corrected chi connectivity index (χ3v) is 3.69. The molecule has 1 saturated heterocycles. The van der Waals surface area contributed by atoms with Crippen molar-refractivity contribution in [2.75, 3.05) is 6.54 Å². The summed E-state index contributed by atoms with van der Waals surface area (Å²) in [5.41, 5.74) is 3.44. The maximum absolute atomic E-state index is 13.3. The minimum Gasteiger partial charge on any atom is -0.310 e. The standard InChI is InChI=1S/C15H14ClFN2.C2H6/c1-9-6-10(2-3-12(9)17)14-7-11(8-15(16)19-14)13-4-5-18-13;1-2/h2-3,6-8,13,18H,4-5H2,1H3;1-2H3. The van der Waals surface area contributed by atoms with Crippen molar-refractivity contribution in [3.05, 3.63) is 52.4 Å². The molecule has 112 valence electrons. The number of aryl methyl sites for hydroxylation is 1. The van der Waals surface area contributed by atoms with E-state index in [0.29, 0.717) is 16.8 Å². The van der Waals surface area contributed by atoms with Crippen molar-refractivity contribution in [2.24, 2.45) is 0 Å². The van der Waals surface area contributed by atoms with Crippen LogP contribution < -0.4 is 5.32 Å². The van der Waals surface area contributed by atoms with Gasteiger partial charge in [-0.05, 0) is 61.3 Å². The summed E-state index contributed by atoms with van der Waals surface area (Å²) in [5, 5.41) is 3.82. The summed E-state index contributed by atoms with van der Waals surface area (Å²) < 4.78 is 13.3. The molecule has 1 aliphatic rings. The van der Waals surface area contributed by atoms with Crippen molar-refractivity contribution in [3.63, 3.8) is 0 Å². The second kappa shape index (κ2) is 7.01. The Labute approximate surface area is 130 Å². The van der Waals surface area contributed by atoms with Crippen LogP contribution in [0, 0.1) is 12.7 Å². The van der Waals surface area contributed by atoms with Crippen molar-refractivity contribution in [1.29, 1.82) is 0 Å². The molecule has 1 aromatic carbocycles. The lowest BCUT2D eigenvalue weighted by Gasteiger charge is -2.28. The van der Waals surface area contributed by atoms with E-state index in [0.717, 1.165) is 29.8 Å². The smallest absolute Gasteiger partial charge is 0.130 e. The van der Waals surface area contributed by atoms with Crippen LogP contribution in [0.15, 0.2) is 30.3 Å². The fourth-order valence-corrected chi connectivity index (χ4v) is 2.46. The summed E-state index contributed by atoms with van der Waals surface area (Å²) in [6.07, 6.45) is 1.11. The van der Waals surface area contributed by atoms with Gasteiger partial charge in [-0.25, -0.2) is 9.37 Å². The zero-order valence-corrected chi connectivity index (χ0v) is 13.3. The van der Waals surface area contributed by atoms with Gasteiger partial charge in [-0.2, -0.15) is 0 Å². The lowest BCUT2D eigenvalue weighted by atomic mass is 9.97. The second-order valence-electron chi connectivity index (χ2n) is 4.87. The largest absolute Gasteiger partial charge is 0.310 e. The van der Waals surface area contributed by atoms with Crippen LogP contribution in [0.25, 0.3) is 11.3 Å². The van der Waals surface area contributed by atoms with Crippen molar-refractivity contribution in [3.8, 4) is 11.3 Å². The average Bonchev–Trinajstić information content (AvgIpc) is 2.41. The molecule has 2 nitrogen and oxygen atoms in total. The normalized spacial score (nSPS) is 16.7. The van der Waals surface area contributed by atoms with E-state index >= 15 is 0 Å². The van der Waals surface area contributed by atoms with Gasteiger partial charge in [-0.3, -0.25) is 0 Å². The fraction of sp³-hybridized carbons (Fsp3) is 0.353. The van der Waals surface area contributed by atoms with E-state index in [2.05, 4.69) is 10.3 Å². The molecule has 0 spiro atoms. The van der Waals surface area contributed by atoms with Crippen LogP contribution in [0.1, 0.15) is 37.4 Å². The minimum atomic E-state index is -0.202. The molecule has 0 saturated carbocycles. The molecule has 1 fully saturated rings. The molecule has 0 radical (unpaired) electrons. The van der Waals surface area contributed by atoms with Crippen LogP contribution in [-0.4, -0.2) is 11.5 Å². The van der Waals surface area contributed by atoms with E-state index in [9.17, 15) is 4.39 Å². The molecule has 1 aromatic heterocycles. The number of benzene rings is 1. The first-order valence-corrected chi connectivity index (χ1v) is 7.69. The number of nitrogens with zero attached hydrogens (tertiary/aromatic N) is 1. The Morgan fingerprint density at radius 2 is 1.95 bits per heavy atom.